The smallest absolute Gasteiger partial charge is 0.150 e. The van der Waals surface area contributed by atoms with Crippen LogP contribution in [0.25, 0.3) is 0 Å². The number of aldehydes is 1. The highest BCUT2D eigenvalue weighted by atomic mass is 35.5. The summed E-state index contributed by atoms with van der Waals surface area (Å²) in [6.45, 7) is 3.57. The molecule has 0 amide bonds. The van der Waals surface area contributed by atoms with Crippen LogP contribution in [0.2, 0.25) is 5.02 Å². The standard InChI is InChI=1S/C15H15ClN2O/c1-2-18(10-13-5-3-4-8-17-13)15-7-6-12(11-19)9-14(15)16/h3-9,11H,2,10H2,1H3. The molecule has 4 heteroatoms. The number of anilines is 1. The molecule has 1 aromatic heterocycles. The third kappa shape index (κ3) is 3.32. The first-order valence-corrected chi connectivity index (χ1v) is 6.52. The third-order valence-corrected chi connectivity index (χ3v) is 3.21. The van der Waals surface area contributed by atoms with Gasteiger partial charge < -0.3 is 4.90 Å². The van der Waals surface area contributed by atoms with Crippen LogP contribution >= 0.6 is 11.6 Å². The van der Waals surface area contributed by atoms with Crippen LogP contribution in [0.15, 0.2) is 42.6 Å². The molecule has 98 valence electrons. The maximum absolute atomic E-state index is 10.7. The van der Waals surface area contributed by atoms with E-state index in [1.807, 2.05) is 24.3 Å². The number of pyridine rings is 1. The zero-order valence-electron chi connectivity index (χ0n) is 10.7. The molecule has 2 aromatic rings. The zero-order valence-corrected chi connectivity index (χ0v) is 11.5. The summed E-state index contributed by atoms with van der Waals surface area (Å²) in [6, 6.07) is 11.2. The second-order valence-corrected chi connectivity index (χ2v) is 4.57. The normalized spacial score (nSPS) is 10.2. The van der Waals surface area contributed by atoms with Gasteiger partial charge in [-0.15, -0.1) is 0 Å². The largest absolute Gasteiger partial charge is 0.365 e. The van der Waals surface area contributed by atoms with Crippen molar-refractivity contribution in [1.82, 2.24) is 4.98 Å². The molecule has 0 bridgehead atoms. The molecule has 0 saturated heterocycles. The summed E-state index contributed by atoms with van der Waals surface area (Å²) >= 11 is 6.23. The molecule has 2 rings (SSSR count). The average molecular weight is 275 g/mol. The molecule has 3 nitrogen and oxygen atoms in total. The maximum atomic E-state index is 10.7. The number of aromatic nitrogens is 1. The maximum Gasteiger partial charge on any atom is 0.150 e. The molecule has 0 N–H and O–H groups in total. The molecule has 0 fully saturated rings. The van der Waals surface area contributed by atoms with Gasteiger partial charge in [-0.05, 0) is 37.3 Å². The number of rotatable bonds is 5. The van der Waals surface area contributed by atoms with E-state index in [2.05, 4.69) is 16.8 Å². The fraction of sp³-hybridized carbons (Fsp3) is 0.200. The first kappa shape index (κ1) is 13.6. The van der Waals surface area contributed by atoms with Gasteiger partial charge in [0.25, 0.3) is 0 Å². The van der Waals surface area contributed by atoms with E-state index in [0.717, 1.165) is 24.2 Å². The van der Waals surface area contributed by atoms with Crippen LogP contribution < -0.4 is 4.90 Å². The molecule has 0 spiro atoms. The molecule has 0 radical (unpaired) electrons. The van der Waals surface area contributed by atoms with Gasteiger partial charge in [-0.2, -0.15) is 0 Å². The van der Waals surface area contributed by atoms with Gasteiger partial charge in [0.2, 0.25) is 0 Å². The van der Waals surface area contributed by atoms with Crippen molar-refractivity contribution in [1.29, 1.82) is 0 Å². The number of nitrogens with zero attached hydrogens (tertiary/aromatic N) is 2. The lowest BCUT2D eigenvalue weighted by Crippen LogP contribution is -2.22. The van der Waals surface area contributed by atoms with Crippen molar-refractivity contribution in [3.63, 3.8) is 0 Å². The van der Waals surface area contributed by atoms with Crippen molar-refractivity contribution in [2.45, 2.75) is 13.5 Å². The Morgan fingerprint density at radius 1 is 1.32 bits per heavy atom. The van der Waals surface area contributed by atoms with E-state index in [4.69, 9.17) is 11.6 Å². The Morgan fingerprint density at radius 3 is 2.74 bits per heavy atom. The Morgan fingerprint density at radius 2 is 2.16 bits per heavy atom. The molecule has 0 aliphatic carbocycles. The molecule has 0 atom stereocenters. The summed E-state index contributed by atoms with van der Waals surface area (Å²) in [7, 11) is 0. The SMILES string of the molecule is CCN(Cc1ccccn1)c1ccc(C=O)cc1Cl. The molecule has 0 aliphatic rings. The van der Waals surface area contributed by atoms with Gasteiger partial charge in [-0.3, -0.25) is 9.78 Å². The Balaban J connectivity index is 2.24. The number of benzene rings is 1. The van der Waals surface area contributed by atoms with Gasteiger partial charge in [0, 0.05) is 18.3 Å². The predicted octanol–water partition coefficient (Wildman–Crippen LogP) is 3.57. The van der Waals surface area contributed by atoms with Gasteiger partial charge >= 0.3 is 0 Å². The van der Waals surface area contributed by atoms with E-state index in [9.17, 15) is 4.79 Å². The summed E-state index contributed by atoms with van der Waals surface area (Å²) in [5, 5.41) is 0.586. The fourth-order valence-electron chi connectivity index (χ4n) is 1.91. The second-order valence-electron chi connectivity index (χ2n) is 4.16. The van der Waals surface area contributed by atoms with Crippen molar-refractivity contribution in [2.24, 2.45) is 0 Å². The molecule has 19 heavy (non-hydrogen) atoms. The minimum Gasteiger partial charge on any atom is -0.365 e. The number of carbonyl (C=O) groups is 1. The summed E-state index contributed by atoms with van der Waals surface area (Å²) < 4.78 is 0. The van der Waals surface area contributed by atoms with E-state index >= 15 is 0 Å². The van der Waals surface area contributed by atoms with Crippen molar-refractivity contribution in [3.05, 3.63) is 58.9 Å². The highest BCUT2D eigenvalue weighted by Gasteiger charge is 2.10. The van der Waals surface area contributed by atoms with Crippen LogP contribution in [0.1, 0.15) is 23.0 Å². The van der Waals surface area contributed by atoms with Crippen molar-refractivity contribution >= 4 is 23.6 Å². The van der Waals surface area contributed by atoms with E-state index in [1.54, 1.807) is 18.3 Å². The van der Waals surface area contributed by atoms with Crippen LogP contribution in [0.3, 0.4) is 0 Å². The van der Waals surface area contributed by atoms with Crippen LogP contribution in [0.5, 0.6) is 0 Å². The Bertz CT molecular complexity index is 557. The number of carbonyl (C=O) groups excluding carboxylic acids is 1. The van der Waals surface area contributed by atoms with Gasteiger partial charge in [-0.1, -0.05) is 17.7 Å². The minimum atomic E-state index is 0.586. The first-order chi connectivity index (χ1) is 9.24. The van der Waals surface area contributed by atoms with Gasteiger partial charge in [0.1, 0.15) is 6.29 Å². The van der Waals surface area contributed by atoms with Crippen LogP contribution in [-0.4, -0.2) is 17.8 Å². The molecule has 0 unspecified atom stereocenters. The van der Waals surface area contributed by atoms with Gasteiger partial charge in [0.15, 0.2) is 0 Å². The summed E-state index contributed by atoms with van der Waals surface area (Å²) in [4.78, 5) is 17.2. The lowest BCUT2D eigenvalue weighted by atomic mass is 10.2. The van der Waals surface area contributed by atoms with Gasteiger partial charge in [0.05, 0.1) is 22.9 Å². The summed E-state index contributed by atoms with van der Waals surface area (Å²) in [6.07, 6.45) is 2.57. The Kier molecular flexibility index (Phi) is 4.53. The molecule has 0 saturated carbocycles. The third-order valence-electron chi connectivity index (χ3n) is 2.91. The van der Waals surface area contributed by atoms with Gasteiger partial charge in [-0.25, -0.2) is 0 Å². The molecule has 1 heterocycles. The van der Waals surface area contributed by atoms with Crippen LogP contribution in [-0.2, 0) is 6.54 Å². The van der Waals surface area contributed by atoms with Crippen molar-refractivity contribution < 1.29 is 4.79 Å². The van der Waals surface area contributed by atoms with E-state index in [1.165, 1.54) is 0 Å². The number of hydrogen-bond donors (Lipinski definition) is 0. The van der Waals surface area contributed by atoms with E-state index in [-0.39, 0.29) is 0 Å². The minimum absolute atomic E-state index is 0.586. The van der Waals surface area contributed by atoms with E-state index in [0.29, 0.717) is 17.1 Å². The number of hydrogen-bond acceptors (Lipinski definition) is 3. The second kappa shape index (κ2) is 6.34. The summed E-state index contributed by atoms with van der Waals surface area (Å²) in [5.41, 5.74) is 2.49. The molecule has 0 aliphatic heterocycles. The lowest BCUT2D eigenvalue weighted by molar-refractivity contribution is 0.112. The van der Waals surface area contributed by atoms with Crippen molar-refractivity contribution in [3.8, 4) is 0 Å². The molecular weight excluding hydrogens is 260 g/mol. The predicted molar refractivity (Wildman–Crippen MR) is 77.8 cm³/mol. The molecule has 1 aromatic carbocycles. The van der Waals surface area contributed by atoms with Crippen LogP contribution in [0.4, 0.5) is 5.69 Å². The topological polar surface area (TPSA) is 33.2 Å². The van der Waals surface area contributed by atoms with Crippen LogP contribution in [0, 0.1) is 0 Å². The quantitative estimate of drug-likeness (QED) is 0.782. The zero-order chi connectivity index (χ0) is 13.7. The Hall–Kier alpha value is -1.87. The fourth-order valence-corrected chi connectivity index (χ4v) is 2.22. The van der Waals surface area contributed by atoms with E-state index < -0.39 is 0 Å². The average Bonchev–Trinajstić information content (AvgIpc) is 2.46. The molecular formula is C15H15ClN2O. The number of halogens is 1. The highest BCUT2D eigenvalue weighted by molar-refractivity contribution is 6.33. The van der Waals surface area contributed by atoms with Crippen molar-refractivity contribution in [2.75, 3.05) is 11.4 Å². The monoisotopic (exact) mass is 274 g/mol. The lowest BCUT2D eigenvalue weighted by Gasteiger charge is -2.24. The summed E-state index contributed by atoms with van der Waals surface area (Å²) in [5.74, 6) is 0. The Labute approximate surface area is 117 Å². The first-order valence-electron chi connectivity index (χ1n) is 6.14. The highest BCUT2D eigenvalue weighted by Crippen LogP contribution is 2.27.